The summed E-state index contributed by atoms with van der Waals surface area (Å²) >= 11 is 17.2. The minimum absolute atomic E-state index is 0.0364. The van der Waals surface area contributed by atoms with Crippen LogP contribution < -0.4 is 10.2 Å². The van der Waals surface area contributed by atoms with Crippen LogP contribution in [-0.2, 0) is 9.59 Å². The van der Waals surface area contributed by atoms with Crippen molar-refractivity contribution in [2.24, 2.45) is 10.9 Å². The van der Waals surface area contributed by atoms with Gasteiger partial charge in [-0.25, -0.2) is 0 Å². The maximum atomic E-state index is 12.8. The molecular weight excluding hydrogens is 393 g/mol. The lowest BCUT2D eigenvalue weighted by atomic mass is 10.1. The fraction of sp³-hybridized carbons (Fsp3) is 0.111. The van der Waals surface area contributed by atoms with Crippen LogP contribution in [-0.4, -0.2) is 23.1 Å². The van der Waals surface area contributed by atoms with E-state index in [2.05, 4.69) is 10.3 Å². The van der Waals surface area contributed by atoms with E-state index in [0.717, 1.165) is 5.56 Å². The first-order valence-corrected chi connectivity index (χ1v) is 8.78. The molecule has 3 rings (SSSR count). The number of thiocarbonyl (C=S) groups is 1. The number of carbonyl (C=O) groups is 2. The lowest BCUT2D eigenvalue weighted by Gasteiger charge is -2.31. The Hall–Kier alpha value is -2.28. The Morgan fingerprint density at radius 1 is 1.15 bits per heavy atom. The van der Waals surface area contributed by atoms with Gasteiger partial charge in [0.15, 0.2) is 11.0 Å². The van der Waals surface area contributed by atoms with Crippen LogP contribution in [0.5, 0.6) is 0 Å². The molecule has 1 atom stereocenters. The third-order valence-electron chi connectivity index (χ3n) is 3.79. The summed E-state index contributed by atoms with van der Waals surface area (Å²) in [7, 11) is 0. The van der Waals surface area contributed by atoms with Gasteiger partial charge in [-0.2, -0.15) is 0 Å². The SMILES string of the molecule is Cc1ccc(N2C(=O)[C@@H](C=Nc3cccc(Cl)c3Cl)C(=O)NC2=S)cc1. The Kier molecular flexibility index (Phi) is 5.36. The van der Waals surface area contributed by atoms with Crippen LogP contribution in [0.1, 0.15) is 5.56 Å². The Bertz CT molecular complexity index is 929. The van der Waals surface area contributed by atoms with E-state index in [1.807, 2.05) is 19.1 Å². The minimum Gasteiger partial charge on any atom is -0.301 e. The van der Waals surface area contributed by atoms with Crippen molar-refractivity contribution in [3.05, 3.63) is 58.1 Å². The Balaban J connectivity index is 1.91. The highest BCUT2D eigenvalue weighted by Gasteiger charge is 2.38. The van der Waals surface area contributed by atoms with Crippen molar-refractivity contribution < 1.29 is 9.59 Å². The molecule has 1 fully saturated rings. The first-order valence-electron chi connectivity index (χ1n) is 7.62. The number of nitrogens with zero attached hydrogens (tertiary/aromatic N) is 2. The van der Waals surface area contributed by atoms with Crippen LogP contribution in [0, 0.1) is 12.8 Å². The van der Waals surface area contributed by atoms with E-state index < -0.39 is 17.7 Å². The fourth-order valence-electron chi connectivity index (χ4n) is 2.41. The molecule has 0 radical (unpaired) electrons. The molecule has 0 unspecified atom stereocenters. The summed E-state index contributed by atoms with van der Waals surface area (Å²) in [5, 5.41) is 3.16. The summed E-state index contributed by atoms with van der Waals surface area (Å²) < 4.78 is 0. The zero-order chi connectivity index (χ0) is 18.8. The smallest absolute Gasteiger partial charge is 0.251 e. The number of aryl methyl sites for hydroxylation is 1. The molecule has 1 aliphatic heterocycles. The minimum atomic E-state index is -1.13. The quantitative estimate of drug-likeness (QED) is 0.475. The van der Waals surface area contributed by atoms with Crippen molar-refractivity contribution in [3.8, 4) is 0 Å². The summed E-state index contributed by atoms with van der Waals surface area (Å²) in [6.07, 6.45) is 1.25. The molecule has 1 aliphatic rings. The molecule has 5 nitrogen and oxygen atoms in total. The number of hydrogen-bond donors (Lipinski definition) is 1. The molecule has 132 valence electrons. The van der Waals surface area contributed by atoms with Crippen LogP contribution in [0.2, 0.25) is 10.0 Å². The van der Waals surface area contributed by atoms with Crippen molar-refractivity contribution in [3.63, 3.8) is 0 Å². The van der Waals surface area contributed by atoms with Crippen molar-refractivity contribution >= 4 is 69.9 Å². The maximum Gasteiger partial charge on any atom is 0.251 e. The van der Waals surface area contributed by atoms with Gasteiger partial charge in [0.2, 0.25) is 5.91 Å². The zero-order valence-electron chi connectivity index (χ0n) is 13.6. The average Bonchev–Trinajstić information content (AvgIpc) is 2.59. The van der Waals surface area contributed by atoms with Crippen molar-refractivity contribution in [2.45, 2.75) is 6.92 Å². The predicted molar refractivity (Wildman–Crippen MR) is 108 cm³/mol. The van der Waals surface area contributed by atoms with Crippen LogP contribution >= 0.6 is 35.4 Å². The van der Waals surface area contributed by atoms with Crippen molar-refractivity contribution in [1.29, 1.82) is 0 Å². The summed E-state index contributed by atoms with van der Waals surface area (Å²) in [5.41, 5.74) is 1.99. The molecule has 8 heteroatoms. The third kappa shape index (κ3) is 3.62. The lowest BCUT2D eigenvalue weighted by molar-refractivity contribution is -0.130. The maximum absolute atomic E-state index is 12.8. The summed E-state index contributed by atoms with van der Waals surface area (Å²) in [6.45, 7) is 1.94. The molecule has 1 heterocycles. The monoisotopic (exact) mass is 405 g/mol. The molecule has 2 aromatic carbocycles. The second-order valence-corrected chi connectivity index (χ2v) is 6.80. The number of nitrogens with one attached hydrogen (secondary N) is 1. The van der Waals surface area contributed by atoms with Gasteiger partial charge in [0.1, 0.15) is 0 Å². The molecule has 26 heavy (non-hydrogen) atoms. The second-order valence-electron chi connectivity index (χ2n) is 5.63. The standard InChI is InChI=1S/C18H13Cl2N3O2S/c1-10-5-7-11(8-6-10)23-17(25)12(16(24)22-18(23)26)9-21-14-4-2-3-13(19)15(14)20/h2-9,12H,1H3,(H,22,24,26)/t12-/m0/s1. The van der Waals surface area contributed by atoms with Gasteiger partial charge in [-0.15, -0.1) is 0 Å². The number of hydrogen-bond acceptors (Lipinski definition) is 4. The van der Waals surface area contributed by atoms with Gasteiger partial charge in [-0.3, -0.25) is 19.5 Å². The van der Waals surface area contributed by atoms with Gasteiger partial charge < -0.3 is 5.32 Å². The van der Waals surface area contributed by atoms with Crippen LogP contribution in [0.4, 0.5) is 11.4 Å². The molecule has 1 N–H and O–H groups in total. The Morgan fingerprint density at radius 2 is 1.85 bits per heavy atom. The molecule has 0 spiro atoms. The first kappa shape index (κ1) is 18.5. The molecule has 0 aliphatic carbocycles. The third-order valence-corrected chi connectivity index (χ3v) is 4.88. The van der Waals surface area contributed by atoms with E-state index in [4.69, 9.17) is 35.4 Å². The van der Waals surface area contributed by atoms with Gasteiger partial charge in [-0.1, -0.05) is 47.0 Å². The van der Waals surface area contributed by atoms with Crippen LogP contribution in [0.25, 0.3) is 0 Å². The molecule has 2 aromatic rings. The number of carbonyl (C=O) groups excluding carboxylic acids is 2. The molecule has 0 bridgehead atoms. The number of benzene rings is 2. The van der Waals surface area contributed by atoms with E-state index in [-0.39, 0.29) is 10.1 Å². The molecular formula is C18H13Cl2N3O2S. The topological polar surface area (TPSA) is 61.8 Å². The van der Waals surface area contributed by atoms with E-state index >= 15 is 0 Å². The van der Waals surface area contributed by atoms with Crippen molar-refractivity contribution in [2.75, 3.05) is 4.90 Å². The van der Waals surface area contributed by atoms with Gasteiger partial charge >= 0.3 is 0 Å². The van der Waals surface area contributed by atoms with E-state index in [1.165, 1.54) is 11.1 Å². The van der Waals surface area contributed by atoms with Crippen molar-refractivity contribution in [1.82, 2.24) is 5.32 Å². The number of halogens is 2. The Morgan fingerprint density at radius 3 is 2.54 bits per heavy atom. The largest absolute Gasteiger partial charge is 0.301 e. The predicted octanol–water partition coefficient (Wildman–Crippen LogP) is 4.07. The highest BCUT2D eigenvalue weighted by molar-refractivity contribution is 7.80. The fourth-order valence-corrected chi connectivity index (χ4v) is 3.05. The summed E-state index contributed by atoms with van der Waals surface area (Å²) in [5.74, 6) is -2.15. The molecule has 0 saturated carbocycles. The normalized spacial score (nSPS) is 17.7. The summed E-state index contributed by atoms with van der Waals surface area (Å²) in [4.78, 5) is 30.5. The Labute approximate surface area is 165 Å². The van der Waals surface area contributed by atoms with Gasteiger partial charge in [0.25, 0.3) is 5.91 Å². The molecule has 1 saturated heterocycles. The summed E-state index contributed by atoms with van der Waals surface area (Å²) in [6, 6.07) is 12.2. The lowest BCUT2D eigenvalue weighted by Crippen LogP contribution is -2.58. The highest BCUT2D eigenvalue weighted by Crippen LogP contribution is 2.31. The molecule has 2 amide bonds. The number of anilines is 1. The van der Waals surface area contributed by atoms with Gasteiger partial charge in [-0.05, 0) is 43.4 Å². The first-order chi connectivity index (χ1) is 12.4. The van der Waals surface area contributed by atoms with Crippen LogP contribution in [0.15, 0.2) is 47.5 Å². The van der Waals surface area contributed by atoms with E-state index in [1.54, 1.807) is 30.3 Å². The highest BCUT2D eigenvalue weighted by atomic mass is 35.5. The number of aliphatic imine (C=N–C) groups is 1. The van der Waals surface area contributed by atoms with Crippen LogP contribution in [0.3, 0.4) is 0 Å². The number of rotatable bonds is 3. The van der Waals surface area contributed by atoms with Gasteiger partial charge in [0, 0.05) is 6.21 Å². The average molecular weight is 406 g/mol. The van der Waals surface area contributed by atoms with E-state index in [0.29, 0.717) is 16.4 Å². The zero-order valence-corrected chi connectivity index (χ0v) is 15.9. The number of amides is 2. The second kappa shape index (κ2) is 7.53. The van der Waals surface area contributed by atoms with Gasteiger partial charge in [0.05, 0.1) is 21.4 Å². The van der Waals surface area contributed by atoms with E-state index in [9.17, 15) is 9.59 Å². The molecule has 0 aromatic heterocycles.